The van der Waals surface area contributed by atoms with Crippen molar-refractivity contribution in [2.24, 2.45) is 0 Å². The van der Waals surface area contributed by atoms with Crippen LogP contribution in [0.15, 0.2) is 41.3 Å². The van der Waals surface area contributed by atoms with Crippen molar-refractivity contribution in [3.8, 4) is 0 Å². The van der Waals surface area contributed by atoms with Crippen LogP contribution in [-0.4, -0.2) is 19.8 Å². The fraction of sp³-hybridized carbons (Fsp3) is 0.200. The summed E-state index contributed by atoms with van der Waals surface area (Å²) >= 11 is 0. The molecule has 0 bridgehead atoms. The Morgan fingerprint density at radius 3 is 2.10 bits per heavy atom. The molecule has 0 aliphatic heterocycles. The second-order valence-electron chi connectivity index (χ2n) is 4.84. The summed E-state index contributed by atoms with van der Waals surface area (Å²) < 4.78 is 50.1. The van der Waals surface area contributed by atoms with Crippen molar-refractivity contribution in [2.75, 3.05) is 6.26 Å². The first-order valence-electron chi connectivity index (χ1n) is 6.14. The number of benzene rings is 2. The molecule has 3 nitrogen and oxygen atoms in total. The van der Waals surface area contributed by atoms with Gasteiger partial charge in [-0.3, -0.25) is 0 Å². The predicted molar refractivity (Wildman–Crippen MR) is 74.7 cm³/mol. The van der Waals surface area contributed by atoms with E-state index in [-0.39, 0.29) is 21.6 Å². The largest absolute Gasteiger partial charge is 0.384 e. The Labute approximate surface area is 121 Å². The van der Waals surface area contributed by atoms with Crippen LogP contribution in [0.2, 0.25) is 0 Å². The van der Waals surface area contributed by atoms with Gasteiger partial charge in [-0.1, -0.05) is 24.3 Å². The highest BCUT2D eigenvalue weighted by Gasteiger charge is 2.19. The lowest BCUT2D eigenvalue weighted by molar-refractivity contribution is 0.213. The molecule has 2 aromatic rings. The lowest BCUT2D eigenvalue weighted by Gasteiger charge is -2.14. The topological polar surface area (TPSA) is 54.4 Å². The summed E-state index contributed by atoms with van der Waals surface area (Å²) in [5.74, 6) is -2.10. The molecule has 0 aliphatic carbocycles. The summed E-state index contributed by atoms with van der Waals surface area (Å²) in [4.78, 5) is 0.0917. The SMILES string of the molecule is Cc1ccc(C(O)c2ccc(S(C)(=O)=O)cc2)c(F)c1F. The molecule has 21 heavy (non-hydrogen) atoms. The number of hydrogen-bond donors (Lipinski definition) is 1. The highest BCUT2D eigenvalue weighted by atomic mass is 32.2. The van der Waals surface area contributed by atoms with Gasteiger partial charge in [-0.15, -0.1) is 0 Å². The Morgan fingerprint density at radius 1 is 1.00 bits per heavy atom. The Morgan fingerprint density at radius 2 is 1.57 bits per heavy atom. The second-order valence-corrected chi connectivity index (χ2v) is 6.86. The van der Waals surface area contributed by atoms with Gasteiger partial charge in [-0.25, -0.2) is 17.2 Å². The third kappa shape index (κ3) is 3.11. The molecule has 1 N–H and O–H groups in total. The Hall–Kier alpha value is -1.79. The van der Waals surface area contributed by atoms with Gasteiger partial charge in [0.25, 0.3) is 0 Å². The zero-order valence-electron chi connectivity index (χ0n) is 11.5. The first kappa shape index (κ1) is 15.6. The van der Waals surface area contributed by atoms with E-state index < -0.39 is 27.6 Å². The number of sulfone groups is 1. The molecule has 0 amide bonds. The van der Waals surface area contributed by atoms with Crippen molar-refractivity contribution < 1.29 is 22.3 Å². The van der Waals surface area contributed by atoms with Gasteiger partial charge in [0.2, 0.25) is 0 Å². The number of aliphatic hydroxyl groups excluding tert-OH is 1. The van der Waals surface area contributed by atoms with E-state index in [1.807, 2.05) is 0 Å². The van der Waals surface area contributed by atoms with Crippen molar-refractivity contribution in [2.45, 2.75) is 17.9 Å². The van der Waals surface area contributed by atoms with Gasteiger partial charge in [0.1, 0.15) is 6.10 Å². The number of aryl methyl sites for hydroxylation is 1. The maximum Gasteiger partial charge on any atom is 0.175 e. The van der Waals surface area contributed by atoms with E-state index in [0.717, 1.165) is 6.26 Å². The Kier molecular flexibility index (Phi) is 4.11. The van der Waals surface area contributed by atoms with Crippen LogP contribution in [0.4, 0.5) is 8.78 Å². The fourth-order valence-corrected chi connectivity index (χ4v) is 2.58. The second kappa shape index (κ2) is 5.54. The normalized spacial score (nSPS) is 13.2. The van der Waals surface area contributed by atoms with Crippen LogP contribution in [0.25, 0.3) is 0 Å². The number of halogens is 2. The van der Waals surface area contributed by atoms with Gasteiger partial charge >= 0.3 is 0 Å². The van der Waals surface area contributed by atoms with Crippen molar-refractivity contribution in [1.82, 2.24) is 0 Å². The van der Waals surface area contributed by atoms with Crippen molar-refractivity contribution in [3.63, 3.8) is 0 Å². The smallest absolute Gasteiger partial charge is 0.175 e. The van der Waals surface area contributed by atoms with Crippen molar-refractivity contribution >= 4 is 9.84 Å². The van der Waals surface area contributed by atoms with Crippen molar-refractivity contribution in [3.05, 3.63) is 64.7 Å². The van der Waals surface area contributed by atoms with Gasteiger partial charge in [-0.2, -0.15) is 0 Å². The van der Waals surface area contributed by atoms with E-state index in [2.05, 4.69) is 0 Å². The maximum atomic E-state index is 13.8. The number of rotatable bonds is 3. The van der Waals surface area contributed by atoms with Crippen molar-refractivity contribution in [1.29, 1.82) is 0 Å². The minimum absolute atomic E-state index is 0.0917. The summed E-state index contributed by atoms with van der Waals surface area (Å²) in [6.07, 6.45) is -0.304. The summed E-state index contributed by atoms with van der Waals surface area (Å²) in [5.41, 5.74) is 0.241. The minimum Gasteiger partial charge on any atom is -0.384 e. The Bertz CT molecular complexity index is 768. The molecule has 0 saturated carbocycles. The van der Waals surface area contributed by atoms with Gasteiger partial charge < -0.3 is 5.11 Å². The van der Waals surface area contributed by atoms with E-state index in [4.69, 9.17) is 0 Å². The van der Waals surface area contributed by atoms with Gasteiger partial charge in [-0.05, 0) is 30.2 Å². The quantitative estimate of drug-likeness (QED) is 0.948. The molecule has 0 radical (unpaired) electrons. The first-order chi connectivity index (χ1) is 9.71. The van der Waals surface area contributed by atoms with Crippen LogP contribution in [0.1, 0.15) is 22.8 Å². The summed E-state index contributed by atoms with van der Waals surface area (Å²) in [5, 5.41) is 10.1. The molecule has 2 rings (SSSR count). The lowest BCUT2D eigenvalue weighted by Crippen LogP contribution is -2.06. The van der Waals surface area contributed by atoms with Crippen LogP contribution < -0.4 is 0 Å². The highest BCUT2D eigenvalue weighted by molar-refractivity contribution is 7.90. The monoisotopic (exact) mass is 312 g/mol. The van der Waals surface area contributed by atoms with Gasteiger partial charge in [0, 0.05) is 11.8 Å². The van der Waals surface area contributed by atoms with E-state index in [9.17, 15) is 22.3 Å². The predicted octanol–water partition coefficient (Wildman–Crippen LogP) is 2.76. The summed E-state index contributed by atoms with van der Waals surface area (Å²) in [6.45, 7) is 1.43. The fourth-order valence-electron chi connectivity index (χ4n) is 1.95. The van der Waals surface area contributed by atoms with Crippen LogP contribution in [-0.2, 0) is 9.84 Å². The Balaban J connectivity index is 2.41. The highest BCUT2D eigenvalue weighted by Crippen LogP contribution is 2.27. The summed E-state index contributed by atoms with van der Waals surface area (Å²) in [7, 11) is -3.35. The van der Waals surface area contributed by atoms with Crippen LogP contribution in [0.5, 0.6) is 0 Å². The molecule has 6 heteroatoms. The third-order valence-electron chi connectivity index (χ3n) is 3.22. The molecular weight excluding hydrogens is 298 g/mol. The summed E-state index contributed by atoms with van der Waals surface area (Å²) in [6, 6.07) is 8.06. The third-order valence-corrected chi connectivity index (χ3v) is 4.35. The zero-order chi connectivity index (χ0) is 15.8. The maximum absolute atomic E-state index is 13.8. The number of aliphatic hydroxyl groups is 1. The van der Waals surface area contributed by atoms with E-state index >= 15 is 0 Å². The van der Waals surface area contributed by atoms with E-state index in [1.165, 1.54) is 43.3 Å². The molecule has 0 aromatic heterocycles. The standard InChI is InChI=1S/C15H14F2O3S/c1-9-3-8-12(14(17)13(9)16)15(18)10-4-6-11(7-5-10)21(2,19)20/h3-8,15,18H,1-2H3. The first-order valence-corrected chi connectivity index (χ1v) is 8.03. The molecule has 1 unspecified atom stereocenters. The van der Waals surface area contributed by atoms with E-state index in [1.54, 1.807) is 0 Å². The van der Waals surface area contributed by atoms with Crippen LogP contribution in [0.3, 0.4) is 0 Å². The average molecular weight is 312 g/mol. The lowest BCUT2D eigenvalue weighted by atomic mass is 9.99. The van der Waals surface area contributed by atoms with Crippen LogP contribution in [0, 0.1) is 18.6 Å². The molecular formula is C15H14F2O3S. The average Bonchev–Trinajstić information content (AvgIpc) is 2.43. The van der Waals surface area contributed by atoms with E-state index in [0.29, 0.717) is 0 Å². The van der Waals surface area contributed by atoms with Gasteiger partial charge in [0.15, 0.2) is 21.5 Å². The van der Waals surface area contributed by atoms with Crippen LogP contribution >= 0.6 is 0 Å². The molecule has 2 aromatic carbocycles. The van der Waals surface area contributed by atoms with Gasteiger partial charge in [0.05, 0.1) is 4.90 Å². The molecule has 0 heterocycles. The molecule has 0 spiro atoms. The zero-order valence-corrected chi connectivity index (χ0v) is 12.3. The minimum atomic E-state index is -3.35. The molecule has 1 atom stereocenters. The molecule has 112 valence electrons. The molecule has 0 saturated heterocycles. The molecule has 0 fully saturated rings. The number of hydrogen-bond acceptors (Lipinski definition) is 3. The molecule has 0 aliphatic rings.